The number of halogens is 3. The lowest BCUT2D eigenvalue weighted by molar-refractivity contribution is 0.179. The van der Waals surface area contributed by atoms with Gasteiger partial charge in [-0.1, -0.05) is 31.9 Å². The van der Waals surface area contributed by atoms with Gasteiger partial charge in [0.25, 0.3) is 0 Å². The highest BCUT2D eigenvalue weighted by atomic mass is 79.9. The molecule has 1 aromatic carbocycles. The molecular weight excluding hydrogens is 432 g/mol. The van der Waals surface area contributed by atoms with E-state index in [1.165, 1.54) is 4.88 Å². The SMILES string of the molecule is OC(Cc1ccc(Br)s1)c1cc(Br)cc(Br)c1. The van der Waals surface area contributed by atoms with E-state index in [9.17, 15) is 5.11 Å². The van der Waals surface area contributed by atoms with Gasteiger partial charge in [-0.25, -0.2) is 0 Å². The lowest BCUT2D eigenvalue weighted by atomic mass is 10.1. The first kappa shape index (κ1) is 13.7. The lowest BCUT2D eigenvalue weighted by Gasteiger charge is -2.10. The van der Waals surface area contributed by atoms with Gasteiger partial charge >= 0.3 is 0 Å². The molecule has 1 nitrogen and oxygen atoms in total. The Morgan fingerprint density at radius 3 is 2.24 bits per heavy atom. The van der Waals surface area contributed by atoms with E-state index in [-0.39, 0.29) is 0 Å². The molecule has 0 bridgehead atoms. The van der Waals surface area contributed by atoms with Crippen molar-refractivity contribution in [1.29, 1.82) is 0 Å². The van der Waals surface area contributed by atoms with E-state index in [2.05, 4.69) is 47.8 Å². The van der Waals surface area contributed by atoms with Crippen LogP contribution in [0.2, 0.25) is 0 Å². The minimum atomic E-state index is -0.477. The highest BCUT2D eigenvalue weighted by molar-refractivity contribution is 9.11. The van der Waals surface area contributed by atoms with Crippen LogP contribution in [0.1, 0.15) is 16.5 Å². The van der Waals surface area contributed by atoms with Crippen molar-refractivity contribution in [2.24, 2.45) is 0 Å². The summed E-state index contributed by atoms with van der Waals surface area (Å²) in [5.41, 5.74) is 0.913. The smallest absolute Gasteiger partial charge is 0.0839 e. The van der Waals surface area contributed by atoms with Crippen LogP contribution in [0.5, 0.6) is 0 Å². The van der Waals surface area contributed by atoms with Gasteiger partial charge in [0.1, 0.15) is 0 Å². The van der Waals surface area contributed by atoms with Gasteiger partial charge in [0.2, 0.25) is 0 Å². The van der Waals surface area contributed by atoms with Crippen molar-refractivity contribution >= 4 is 59.1 Å². The summed E-state index contributed by atoms with van der Waals surface area (Å²) >= 11 is 11.9. The van der Waals surface area contributed by atoms with Gasteiger partial charge in [-0.05, 0) is 51.8 Å². The van der Waals surface area contributed by atoms with Gasteiger partial charge in [0.15, 0.2) is 0 Å². The monoisotopic (exact) mass is 438 g/mol. The summed E-state index contributed by atoms with van der Waals surface area (Å²) in [7, 11) is 0. The van der Waals surface area contributed by atoms with Crippen LogP contribution >= 0.6 is 59.1 Å². The minimum absolute atomic E-state index is 0.477. The Morgan fingerprint density at radius 1 is 1.06 bits per heavy atom. The Kier molecular flexibility index (Phi) is 4.83. The van der Waals surface area contributed by atoms with Crippen molar-refractivity contribution in [3.8, 4) is 0 Å². The third kappa shape index (κ3) is 3.89. The van der Waals surface area contributed by atoms with Gasteiger partial charge in [-0.2, -0.15) is 0 Å². The molecule has 1 heterocycles. The molecule has 0 aliphatic carbocycles. The Morgan fingerprint density at radius 2 is 1.71 bits per heavy atom. The first-order valence-electron chi connectivity index (χ1n) is 4.93. The summed E-state index contributed by atoms with van der Waals surface area (Å²) in [5.74, 6) is 0. The quantitative estimate of drug-likeness (QED) is 0.685. The second-order valence-corrected chi connectivity index (χ2v) is 8.01. The molecule has 0 aliphatic rings. The third-order valence-electron chi connectivity index (χ3n) is 2.29. The molecule has 0 spiro atoms. The van der Waals surface area contributed by atoms with E-state index in [1.807, 2.05) is 30.3 Å². The van der Waals surface area contributed by atoms with Crippen molar-refractivity contribution in [2.45, 2.75) is 12.5 Å². The molecule has 1 atom stereocenters. The first-order valence-corrected chi connectivity index (χ1v) is 8.12. The number of aliphatic hydroxyl groups excluding tert-OH is 1. The van der Waals surface area contributed by atoms with Gasteiger partial charge in [-0.15, -0.1) is 11.3 Å². The first-order chi connectivity index (χ1) is 8.04. The Hall–Kier alpha value is 0.320. The number of aliphatic hydroxyl groups is 1. The lowest BCUT2D eigenvalue weighted by Crippen LogP contribution is -2.00. The van der Waals surface area contributed by atoms with Crippen LogP contribution in [0.3, 0.4) is 0 Å². The van der Waals surface area contributed by atoms with Crippen LogP contribution in [-0.2, 0) is 6.42 Å². The summed E-state index contributed by atoms with van der Waals surface area (Å²) < 4.78 is 3.02. The van der Waals surface area contributed by atoms with E-state index >= 15 is 0 Å². The number of hydrogen-bond donors (Lipinski definition) is 1. The van der Waals surface area contributed by atoms with Crippen LogP contribution in [-0.4, -0.2) is 5.11 Å². The predicted octanol–water partition coefficient (Wildman–Crippen LogP) is 5.31. The molecule has 17 heavy (non-hydrogen) atoms. The summed E-state index contributed by atoms with van der Waals surface area (Å²) in [5, 5.41) is 10.2. The van der Waals surface area contributed by atoms with Crippen LogP contribution in [0.25, 0.3) is 0 Å². The van der Waals surface area contributed by atoms with E-state index < -0.39 is 6.10 Å². The fourth-order valence-electron chi connectivity index (χ4n) is 1.54. The van der Waals surface area contributed by atoms with Gasteiger partial charge in [0, 0.05) is 20.2 Å². The summed E-state index contributed by atoms with van der Waals surface area (Å²) in [4.78, 5) is 1.17. The van der Waals surface area contributed by atoms with E-state index in [0.717, 1.165) is 18.3 Å². The summed E-state index contributed by atoms with van der Waals surface area (Å²) in [6.07, 6.45) is 0.161. The van der Waals surface area contributed by atoms with Crippen LogP contribution in [0.4, 0.5) is 0 Å². The largest absolute Gasteiger partial charge is 0.388 e. The molecule has 2 rings (SSSR count). The number of rotatable bonds is 3. The standard InChI is InChI=1S/C12H9Br3OS/c13-8-3-7(4-9(14)5-8)11(16)6-10-1-2-12(15)17-10/h1-5,11,16H,6H2. The summed E-state index contributed by atoms with van der Waals surface area (Å²) in [6.45, 7) is 0. The topological polar surface area (TPSA) is 20.2 Å². The molecule has 1 N–H and O–H groups in total. The maximum Gasteiger partial charge on any atom is 0.0839 e. The zero-order valence-corrected chi connectivity index (χ0v) is 14.2. The van der Waals surface area contributed by atoms with Crippen LogP contribution in [0, 0.1) is 0 Å². The number of thiophene rings is 1. The fraction of sp³-hybridized carbons (Fsp3) is 0.167. The molecule has 1 unspecified atom stereocenters. The molecule has 0 saturated carbocycles. The zero-order valence-electron chi connectivity index (χ0n) is 8.66. The maximum atomic E-state index is 10.2. The van der Waals surface area contributed by atoms with Gasteiger partial charge in [-0.3, -0.25) is 0 Å². The predicted molar refractivity (Wildman–Crippen MR) is 82.5 cm³/mol. The molecule has 90 valence electrons. The third-order valence-corrected chi connectivity index (χ3v) is 4.85. The molecule has 0 aliphatic heterocycles. The van der Waals surface area contributed by atoms with E-state index in [1.54, 1.807) is 11.3 Å². The van der Waals surface area contributed by atoms with Crippen LogP contribution in [0.15, 0.2) is 43.1 Å². The molecular formula is C12H9Br3OS. The van der Waals surface area contributed by atoms with Crippen molar-refractivity contribution in [3.63, 3.8) is 0 Å². The molecule has 2 aromatic rings. The Labute approximate surface area is 129 Å². The van der Waals surface area contributed by atoms with Gasteiger partial charge < -0.3 is 5.11 Å². The molecule has 0 fully saturated rings. The maximum absolute atomic E-state index is 10.2. The van der Waals surface area contributed by atoms with Crippen molar-refractivity contribution < 1.29 is 5.11 Å². The number of hydrogen-bond acceptors (Lipinski definition) is 2. The zero-order chi connectivity index (χ0) is 12.4. The average molecular weight is 441 g/mol. The second kappa shape index (κ2) is 5.97. The van der Waals surface area contributed by atoms with Crippen molar-refractivity contribution in [2.75, 3.05) is 0 Å². The highest BCUT2D eigenvalue weighted by Crippen LogP contribution is 2.29. The summed E-state index contributed by atoms with van der Waals surface area (Å²) in [6, 6.07) is 9.88. The fourth-order valence-corrected chi connectivity index (χ4v) is 4.39. The minimum Gasteiger partial charge on any atom is -0.388 e. The van der Waals surface area contributed by atoms with E-state index in [4.69, 9.17) is 0 Å². The Balaban J connectivity index is 2.16. The van der Waals surface area contributed by atoms with Crippen molar-refractivity contribution in [1.82, 2.24) is 0 Å². The molecule has 0 saturated heterocycles. The van der Waals surface area contributed by atoms with Crippen LogP contribution < -0.4 is 0 Å². The average Bonchev–Trinajstić information content (AvgIpc) is 2.62. The highest BCUT2D eigenvalue weighted by Gasteiger charge is 2.11. The second-order valence-electron chi connectivity index (χ2n) is 3.63. The molecule has 0 radical (unpaired) electrons. The van der Waals surface area contributed by atoms with Gasteiger partial charge in [0.05, 0.1) is 9.89 Å². The van der Waals surface area contributed by atoms with E-state index in [0.29, 0.717) is 6.42 Å². The normalized spacial score (nSPS) is 12.7. The molecule has 1 aromatic heterocycles. The molecule has 5 heteroatoms. The Bertz CT molecular complexity index is 504. The van der Waals surface area contributed by atoms with Crippen molar-refractivity contribution in [3.05, 3.63) is 53.5 Å². The number of benzene rings is 1. The molecule has 0 amide bonds.